The van der Waals surface area contributed by atoms with E-state index in [-0.39, 0.29) is 17.5 Å². The van der Waals surface area contributed by atoms with Crippen LogP contribution < -0.4 is 0 Å². The summed E-state index contributed by atoms with van der Waals surface area (Å²) in [6, 6.07) is 1.69. The van der Waals surface area contributed by atoms with E-state index in [1.807, 2.05) is 0 Å². The van der Waals surface area contributed by atoms with Gasteiger partial charge in [-0.3, -0.25) is 0 Å². The highest BCUT2D eigenvalue weighted by Gasteiger charge is 2.13. The Kier molecular flexibility index (Phi) is 3.17. The lowest BCUT2D eigenvalue weighted by Gasteiger charge is -2.04. The number of hydrogen-bond acceptors (Lipinski definition) is 1. The monoisotopic (exact) mass is 200 g/mol. The number of rotatable bonds is 3. The van der Waals surface area contributed by atoms with Gasteiger partial charge in [0.25, 0.3) is 0 Å². The van der Waals surface area contributed by atoms with Crippen LogP contribution in [0, 0.1) is 11.6 Å². The molecule has 0 aromatic heterocycles. The highest BCUT2D eigenvalue weighted by atomic mass is 19.1. The van der Waals surface area contributed by atoms with Crippen LogP contribution >= 0.6 is 0 Å². The smallest absolute Gasteiger partial charge is 0.335 e. The van der Waals surface area contributed by atoms with Crippen molar-refractivity contribution in [1.82, 2.24) is 0 Å². The lowest BCUT2D eigenvalue weighted by Crippen LogP contribution is -2.02. The molecule has 0 unspecified atom stereocenters. The maximum atomic E-state index is 13.2. The van der Waals surface area contributed by atoms with Crippen molar-refractivity contribution in [1.29, 1.82) is 0 Å². The van der Waals surface area contributed by atoms with Gasteiger partial charge in [-0.2, -0.15) is 0 Å². The molecule has 0 heterocycles. The maximum Gasteiger partial charge on any atom is 0.335 e. The van der Waals surface area contributed by atoms with Crippen LogP contribution in [0.5, 0.6) is 0 Å². The molecule has 1 aromatic rings. The van der Waals surface area contributed by atoms with Gasteiger partial charge in [-0.1, -0.05) is 13.3 Å². The van der Waals surface area contributed by atoms with Crippen molar-refractivity contribution in [3.05, 3.63) is 34.9 Å². The minimum Gasteiger partial charge on any atom is -0.478 e. The van der Waals surface area contributed by atoms with Gasteiger partial charge in [0.2, 0.25) is 0 Å². The predicted octanol–water partition coefficient (Wildman–Crippen LogP) is 2.62. The summed E-state index contributed by atoms with van der Waals surface area (Å²) in [4.78, 5) is 10.4. The predicted molar refractivity (Wildman–Crippen MR) is 47.3 cm³/mol. The molecular formula is C10H10F2O2. The van der Waals surface area contributed by atoms with Crippen LogP contribution in [0.3, 0.4) is 0 Å². The molecule has 76 valence electrons. The zero-order valence-corrected chi connectivity index (χ0v) is 7.68. The summed E-state index contributed by atoms with van der Waals surface area (Å²) in [5.74, 6) is -2.90. The zero-order valence-electron chi connectivity index (χ0n) is 7.68. The Hall–Kier alpha value is -1.45. The van der Waals surface area contributed by atoms with E-state index in [2.05, 4.69) is 0 Å². The molecule has 0 aliphatic carbocycles. The maximum absolute atomic E-state index is 13.2. The molecule has 14 heavy (non-hydrogen) atoms. The van der Waals surface area contributed by atoms with Crippen molar-refractivity contribution < 1.29 is 18.7 Å². The molecule has 0 bridgehead atoms. The molecule has 1 N–H and O–H groups in total. The van der Waals surface area contributed by atoms with Crippen molar-refractivity contribution in [3.63, 3.8) is 0 Å². The normalized spacial score (nSPS) is 10.2. The van der Waals surface area contributed by atoms with E-state index in [4.69, 9.17) is 5.11 Å². The summed E-state index contributed by atoms with van der Waals surface area (Å²) >= 11 is 0. The van der Waals surface area contributed by atoms with Gasteiger partial charge >= 0.3 is 5.97 Å². The topological polar surface area (TPSA) is 37.3 Å². The molecule has 0 aliphatic rings. The quantitative estimate of drug-likeness (QED) is 0.814. The minimum atomic E-state index is -1.33. The molecule has 0 amide bonds. The fourth-order valence-corrected chi connectivity index (χ4v) is 1.22. The lowest BCUT2D eigenvalue weighted by atomic mass is 10.1. The van der Waals surface area contributed by atoms with Gasteiger partial charge in [0.05, 0.1) is 5.56 Å². The van der Waals surface area contributed by atoms with Gasteiger partial charge in [-0.15, -0.1) is 0 Å². The second kappa shape index (κ2) is 4.17. The number of carboxylic acids is 1. The Morgan fingerprint density at radius 3 is 2.21 bits per heavy atom. The van der Waals surface area contributed by atoms with Gasteiger partial charge in [0.1, 0.15) is 11.6 Å². The first-order valence-electron chi connectivity index (χ1n) is 4.27. The molecule has 0 radical (unpaired) electrons. The van der Waals surface area contributed by atoms with Crippen molar-refractivity contribution >= 4 is 5.97 Å². The average Bonchev–Trinajstić information content (AvgIpc) is 2.10. The van der Waals surface area contributed by atoms with E-state index in [1.165, 1.54) is 0 Å². The number of halogens is 2. The highest BCUT2D eigenvalue weighted by Crippen LogP contribution is 2.17. The first-order valence-corrected chi connectivity index (χ1v) is 4.27. The van der Waals surface area contributed by atoms with E-state index >= 15 is 0 Å². The Morgan fingerprint density at radius 1 is 1.36 bits per heavy atom. The fourth-order valence-electron chi connectivity index (χ4n) is 1.22. The van der Waals surface area contributed by atoms with Crippen molar-refractivity contribution in [2.45, 2.75) is 19.8 Å². The van der Waals surface area contributed by atoms with Crippen LogP contribution in [0.15, 0.2) is 12.1 Å². The molecule has 0 aliphatic heterocycles. The number of carboxylic acid groups (broad SMARTS) is 1. The third-order valence-corrected chi connectivity index (χ3v) is 1.89. The molecule has 0 fully saturated rings. The molecule has 0 atom stereocenters. The van der Waals surface area contributed by atoms with Gasteiger partial charge < -0.3 is 5.11 Å². The largest absolute Gasteiger partial charge is 0.478 e. The Bertz CT molecular complexity index is 338. The molecule has 0 saturated heterocycles. The van der Waals surface area contributed by atoms with E-state index < -0.39 is 17.6 Å². The zero-order chi connectivity index (χ0) is 10.7. The van der Waals surface area contributed by atoms with Gasteiger partial charge in [0.15, 0.2) is 0 Å². The molecule has 2 nitrogen and oxygen atoms in total. The molecule has 0 spiro atoms. The van der Waals surface area contributed by atoms with Crippen LogP contribution in [0.2, 0.25) is 0 Å². The summed E-state index contributed by atoms with van der Waals surface area (Å²) in [7, 11) is 0. The summed E-state index contributed by atoms with van der Waals surface area (Å²) in [5, 5.41) is 8.52. The van der Waals surface area contributed by atoms with Crippen LogP contribution in [0.4, 0.5) is 8.78 Å². The molecular weight excluding hydrogens is 190 g/mol. The molecule has 4 heteroatoms. The first-order chi connectivity index (χ1) is 6.56. The van der Waals surface area contributed by atoms with Crippen LogP contribution in [-0.4, -0.2) is 11.1 Å². The third kappa shape index (κ3) is 2.07. The van der Waals surface area contributed by atoms with E-state index in [0.29, 0.717) is 6.42 Å². The Morgan fingerprint density at radius 2 is 1.86 bits per heavy atom. The Labute approximate surface area is 80.2 Å². The number of benzene rings is 1. The summed E-state index contributed by atoms with van der Waals surface area (Å²) < 4.78 is 26.3. The minimum absolute atomic E-state index is 0.0440. The van der Waals surface area contributed by atoms with E-state index in [9.17, 15) is 13.6 Å². The SMILES string of the molecule is CCCc1c(F)cc(C(=O)O)cc1F. The number of aromatic carboxylic acids is 1. The molecule has 1 aromatic carbocycles. The van der Waals surface area contributed by atoms with Crippen LogP contribution in [0.25, 0.3) is 0 Å². The molecule has 1 rings (SSSR count). The van der Waals surface area contributed by atoms with Gasteiger partial charge in [-0.25, -0.2) is 13.6 Å². The third-order valence-electron chi connectivity index (χ3n) is 1.89. The first kappa shape index (κ1) is 10.6. The Balaban J connectivity index is 3.18. The average molecular weight is 200 g/mol. The lowest BCUT2D eigenvalue weighted by molar-refractivity contribution is 0.0695. The van der Waals surface area contributed by atoms with Crippen molar-refractivity contribution in [3.8, 4) is 0 Å². The second-order valence-corrected chi connectivity index (χ2v) is 2.97. The number of hydrogen-bond donors (Lipinski definition) is 1. The van der Waals surface area contributed by atoms with E-state index in [0.717, 1.165) is 12.1 Å². The van der Waals surface area contributed by atoms with Crippen LogP contribution in [-0.2, 0) is 6.42 Å². The van der Waals surface area contributed by atoms with Gasteiger partial charge in [0, 0.05) is 5.56 Å². The van der Waals surface area contributed by atoms with E-state index in [1.54, 1.807) is 6.92 Å². The van der Waals surface area contributed by atoms with Crippen molar-refractivity contribution in [2.24, 2.45) is 0 Å². The summed E-state index contributed by atoms with van der Waals surface area (Å²) in [6.45, 7) is 1.80. The highest BCUT2D eigenvalue weighted by molar-refractivity contribution is 5.87. The summed E-state index contributed by atoms with van der Waals surface area (Å²) in [5.41, 5.74) is -0.405. The summed E-state index contributed by atoms with van der Waals surface area (Å²) in [6.07, 6.45) is 0.887. The standard InChI is InChI=1S/C10H10F2O2/c1-2-3-7-8(11)4-6(10(13)14)5-9(7)12/h4-5H,2-3H2,1H3,(H,13,14). The van der Waals surface area contributed by atoms with Crippen molar-refractivity contribution in [2.75, 3.05) is 0 Å². The fraction of sp³-hybridized carbons (Fsp3) is 0.300. The second-order valence-electron chi connectivity index (χ2n) is 2.97. The van der Waals surface area contributed by atoms with Gasteiger partial charge in [-0.05, 0) is 18.6 Å². The molecule has 0 saturated carbocycles. The van der Waals surface area contributed by atoms with Crippen LogP contribution in [0.1, 0.15) is 29.3 Å². The number of carbonyl (C=O) groups is 1.